The summed E-state index contributed by atoms with van der Waals surface area (Å²) in [6.45, 7) is 0.336. The lowest BCUT2D eigenvalue weighted by Crippen LogP contribution is -2.35. The van der Waals surface area contributed by atoms with Gasteiger partial charge >= 0.3 is 5.69 Å². The molecule has 2 N–H and O–H groups in total. The summed E-state index contributed by atoms with van der Waals surface area (Å²) in [6, 6.07) is 9.87. The molecule has 0 aliphatic carbocycles. The molecule has 112 valence electrons. The van der Waals surface area contributed by atoms with E-state index in [9.17, 15) is 9.59 Å². The first kappa shape index (κ1) is 15.0. The van der Waals surface area contributed by atoms with Crippen molar-refractivity contribution in [3.05, 3.63) is 52.2 Å². The van der Waals surface area contributed by atoms with E-state index in [1.165, 1.54) is 7.05 Å². The molecule has 1 aromatic carbocycles. The highest BCUT2D eigenvalue weighted by Gasteiger charge is 2.14. The van der Waals surface area contributed by atoms with Gasteiger partial charge in [-0.05, 0) is 5.56 Å². The van der Waals surface area contributed by atoms with Crippen LogP contribution in [0.15, 0.2) is 35.1 Å². The van der Waals surface area contributed by atoms with Gasteiger partial charge in [0.1, 0.15) is 0 Å². The molecular weight excluding hydrogens is 272 g/mol. The average Bonchev–Trinajstić information content (AvgIpc) is 2.84. The van der Waals surface area contributed by atoms with Gasteiger partial charge in [0.25, 0.3) is 5.91 Å². The molecule has 0 radical (unpaired) electrons. The van der Waals surface area contributed by atoms with Crippen molar-refractivity contribution in [2.45, 2.75) is 12.5 Å². The molecule has 2 rings (SSSR count). The number of rotatable bonds is 6. The number of hydrogen-bond acceptors (Lipinski definition) is 4. The number of aryl methyl sites for hydroxylation is 1. The summed E-state index contributed by atoms with van der Waals surface area (Å²) in [7, 11) is 3.07. The SMILES string of the molecule is COC(CNC(=O)c1nn(C)c(=O)[nH]1)Cc1ccccc1. The van der Waals surface area contributed by atoms with Gasteiger partial charge in [0, 0.05) is 27.1 Å². The minimum Gasteiger partial charge on any atom is -0.379 e. The largest absolute Gasteiger partial charge is 0.379 e. The zero-order chi connectivity index (χ0) is 15.2. The molecule has 1 unspecified atom stereocenters. The number of nitrogens with one attached hydrogen (secondary N) is 2. The maximum atomic E-state index is 11.9. The first-order valence-electron chi connectivity index (χ1n) is 6.58. The van der Waals surface area contributed by atoms with Gasteiger partial charge in [-0.15, -0.1) is 5.10 Å². The molecule has 21 heavy (non-hydrogen) atoms. The Kier molecular flexibility index (Phi) is 4.89. The van der Waals surface area contributed by atoms with Gasteiger partial charge in [0.15, 0.2) is 0 Å². The molecule has 0 aliphatic heterocycles. The van der Waals surface area contributed by atoms with Gasteiger partial charge in [-0.1, -0.05) is 30.3 Å². The second-order valence-corrected chi connectivity index (χ2v) is 4.66. The highest BCUT2D eigenvalue weighted by molar-refractivity contribution is 5.90. The third-order valence-electron chi connectivity index (χ3n) is 3.11. The van der Waals surface area contributed by atoms with Crippen LogP contribution in [0.2, 0.25) is 0 Å². The van der Waals surface area contributed by atoms with Crippen molar-refractivity contribution in [3.63, 3.8) is 0 Å². The number of carbonyl (C=O) groups excluding carboxylic acids is 1. The lowest BCUT2D eigenvalue weighted by atomic mass is 10.1. The van der Waals surface area contributed by atoms with Crippen LogP contribution in [0.5, 0.6) is 0 Å². The van der Waals surface area contributed by atoms with Gasteiger partial charge in [0.2, 0.25) is 5.82 Å². The molecule has 1 aromatic heterocycles. The number of hydrogen-bond donors (Lipinski definition) is 2. The van der Waals surface area contributed by atoms with E-state index >= 15 is 0 Å². The summed E-state index contributed by atoms with van der Waals surface area (Å²) in [5.41, 5.74) is 0.706. The Bertz CT molecular complexity index is 648. The van der Waals surface area contributed by atoms with Crippen LogP contribution in [0, 0.1) is 0 Å². The van der Waals surface area contributed by atoms with Gasteiger partial charge in [0.05, 0.1) is 6.10 Å². The molecule has 2 aromatic rings. The lowest BCUT2D eigenvalue weighted by Gasteiger charge is -2.15. The lowest BCUT2D eigenvalue weighted by molar-refractivity contribution is 0.0820. The maximum absolute atomic E-state index is 11.9. The Morgan fingerprint density at radius 2 is 2.14 bits per heavy atom. The Morgan fingerprint density at radius 3 is 2.71 bits per heavy atom. The number of aromatic amines is 1. The van der Waals surface area contributed by atoms with E-state index in [4.69, 9.17) is 4.74 Å². The van der Waals surface area contributed by atoms with E-state index in [1.54, 1.807) is 7.11 Å². The van der Waals surface area contributed by atoms with Gasteiger partial charge in [-0.2, -0.15) is 0 Å². The van der Waals surface area contributed by atoms with Crippen molar-refractivity contribution < 1.29 is 9.53 Å². The van der Waals surface area contributed by atoms with Gasteiger partial charge in [-0.25, -0.2) is 9.48 Å². The van der Waals surface area contributed by atoms with Crippen molar-refractivity contribution in [1.82, 2.24) is 20.1 Å². The fourth-order valence-corrected chi connectivity index (χ4v) is 1.91. The van der Waals surface area contributed by atoms with Crippen LogP contribution >= 0.6 is 0 Å². The van der Waals surface area contributed by atoms with Crippen LogP contribution in [0.25, 0.3) is 0 Å². The highest BCUT2D eigenvalue weighted by atomic mass is 16.5. The Balaban J connectivity index is 1.91. The number of aromatic nitrogens is 3. The van der Waals surface area contributed by atoms with Crippen molar-refractivity contribution in [2.24, 2.45) is 7.05 Å². The molecule has 0 fully saturated rings. The minimum atomic E-state index is -0.428. The van der Waals surface area contributed by atoms with Crippen LogP contribution < -0.4 is 11.0 Å². The molecule has 7 nitrogen and oxygen atoms in total. The maximum Gasteiger partial charge on any atom is 0.343 e. The zero-order valence-electron chi connectivity index (χ0n) is 12.0. The van der Waals surface area contributed by atoms with Crippen molar-refractivity contribution in [1.29, 1.82) is 0 Å². The molecule has 1 atom stereocenters. The minimum absolute atomic E-state index is 0.00272. The predicted octanol–water partition coefficient (Wildman–Crippen LogP) is 0.0959. The highest BCUT2D eigenvalue weighted by Crippen LogP contribution is 2.04. The number of nitrogens with zero attached hydrogens (tertiary/aromatic N) is 2. The normalized spacial score (nSPS) is 12.1. The molecule has 0 saturated carbocycles. The molecule has 1 amide bonds. The molecule has 0 spiro atoms. The number of H-pyrrole nitrogens is 1. The molecular formula is C14H18N4O3. The summed E-state index contributed by atoms with van der Waals surface area (Å²) in [6.07, 6.45) is 0.544. The standard InChI is InChI=1S/C14H18N4O3/c1-18-14(20)16-12(17-18)13(19)15-9-11(21-2)8-10-6-4-3-5-7-10/h3-7,11H,8-9H2,1-2H3,(H,15,19)(H,16,17,20). The second-order valence-electron chi connectivity index (χ2n) is 4.66. The Hall–Kier alpha value is -2.41. The van der Waals surface area contributed by atoms with E-state index in [0.717, 1.165) is 10.2 Å². The van der Waals surface area contributed by atoms with Gasteiger partial charge < -0.3 is 10.1 Å². The average molecular weight is 290 g/mol. The number of amides is 1. The smallest absolute Gasteiger partial charge is 0.343 e. The van der Waals surface area contributed by atoms with E-state index < -0.39 is 11.6 Å². The van der Waals surface area contributed by atoms with Crippen molar-refractivity contribution in [3.8, 4) is 0 Å². The zero-order valence-corrected chi connectivity index (χ0v) is 12.0. The fourth-order valence-electron chi connectivity index (χ4n) is 1.91. The van der Waals surface area contributed by atoms with Crippen LogP contribution in [-0.4, -0.2) is 40.4 Å². The summed E-state index contributed by atoms with van der Waals surface area (Å²) >= 11 is 0. The molecule has 7 heteroatoms. The Morgan fingerprint density at radius 1 is 1.43 bits per heavy atom. The first-order chi connectivity index (χ1) is 10.1. The van der Waals surface area contributed by atoms with Crippen LogP contribution in [0.4, 0.5) is 0 Å². The summed E-state index contributed by atoms with van der Waals surface area (Å²) < 4.78 is 6.43. The number of carbonyl (C=O) groups is 1. The van der Waals surface area contributed by atoms with Crippen LogP contribution in [0.3, 0.4) is 0 Å². The molecule has 0 bridgehead atoms. The molecule has 0 saturated heterocycles. The van der Waals surface area contributed by atoms with Crippen LogP contribution in [0.1, 0.15) is 16.2 Å². The Labute approximate surface area is 121 Å². The van der Waals surface area contributed by atoms with E-state index in [2.05, 4.69) is 15.4 Å². The van der Waals surface area contributed by atoms with Crippen molar-refractivity contribution >= 4 is 5.91 Å². The quantitative estimate of drug-likeness (QED) is 0.789. The molecule has 0 aliphatic rings. The fraction of sp³-hybridized carbons (Fsp3) is 0.357. The third-order valence-corrected chi connectivity index (χ3v) is 3.11. The van der Waals surface area contributed by atoms with Crippen molar-refractivity contribution in [2.75, 3.05) is 13.7 Å². The number of methoxy groups -OCH3 is 1. The second kappa shape index (κ2) is 6.85. The summed E-state index contributed by atoms with van der Waals surface area (Å²) in [4.78, 5) is 25.5. The van der Waals surface area contributed by atoms with E-state index in [1.807, 2.05) is 30.3 Å². The van der Waals surface area contributed by atoms with Gasteiger partial charge in [-0.3, -0.25) is 9.78 Å². The van der Waals surface area contributed by atoms with Crippen LogP contribution in [-0.2, 0) is 18.2 Å². The summed E-state index contributed by atoms with van der Waals surface area (Å²) in [5.74, 6) is -0.431. The van der Waals surface area contributed by atoms with E-state index in [0.29, 0.717) is 13.0 Å². The predicted molar refractivity (Wildman–Crippen MR) is 77.1 cm³/mol. The number of benzene rings is 1. The monoisotopic (exact) mass is 290 g/mol. The first-order valence-corrected chi connectivity index (χ1v) is 6.58. The number of ether oxygens (including phenoxy) is 1. The topological polar surface area (TPSA) is 89.0 Å². The summed E-state index contributed by atoms with van der Waals surface area (Å²) in [5, 5.41) is 6.49. The van der Waals surface area contributed by atoms with E-state index in [-0.39, 0.29) is 11.9 Å². The third kappa shape index (κ3) is 4.03. The molecule has 1 heterocycles.